The van der Waals surface area contributed by atoms with Crippen molar-refractivity contribution in [3.05, 3.63) is 47.1 Å². The summed E-state index contributed by atoms with van der Waals surface area (Å²) in [5.74, 6) is 2.49. The van der Waals surface area contributed by atoms with Gasteiger partial charge in [0.25, 0.3) is 0 Å². The van der Waals surface area contributed by atoms with Gasteiger partial charge in [0.2, 0.25) is 0 Å². The van der Waals surface area contributed by atoms with Crippen LogP contribution in [0, 0.1) is 19.3 Å². The first-order valence-corrected chi connectivity index (χ1v) is 11.9. The van der Waals surface area contributed by atoms with E-state index in [1.54, 1.807) is 11.8 Å². The predicted molar refractivity (Wildman–Crippen MR) is 135 cm³/mol. The average Bonchev–Trinajstić information content (AvgIpc) is 2.74. The molecule has 32 heavy (non-hydrogen) atoms. The van der Waals surface area contributed by atoms with Gasteiger partial charge in [-0.05, 0) is 43.0 Å². The van der Waals surface area contributed by atoms with E-state index in [1.165, 1.54) is 0 Å². The number of rotatable bonds is 9. The van der Waals surface area contributed by atoms with E-state index >= 15 is 0 Å². The lowest BCUT2D eigenvalue weighted by Crippen LogP contribution is -2.35. The van der Waals surface area contributed by atoms with Gasteiger partial charge in [0.05, 0.1) is 5.03 Å². The number of benzene rings is 1. The molecule has 1 aromatic carbocycles. The molecule has 6 nitrogen and oxygen atoms in total. The largest absolute Gasteiger partial charge is 0.486 e. The Balaban J connectivity index is 1.83. The van der Waals surface area contributed by atoms with Gasteiger partial charge in [0.15, 0.2) is 11.5 Å². The Morgan fingerprint density at radius 3 is 2.53 bits per heavy atom. The molecule has 0 unspecified atom stereocenters. The molecule has 2 N–H and O–H groups in total. The molecule has 0 aliphatic carbocycles. The molecular formula is C25H36N4O2S. The number of fused-ring (bicyclic) bond motifs is 1. The van der Waals surface area contributed by atoms with Gasteiger partial charge in [-0.25, -0.2) is 4.98 Å². The van der Waals surface area contributed by atoms with E-state index in [4.69, 9.17) is 9.47 Å². The SMILES string of the molecule is C=C(Sc1cc2c(cc1C)OCCO2)N(CCNCC(C)(C)C)c1ccnc(NC)c1C. The smallest absolute Gasteiger partial charge is 0.162 e. The Morgan fingerprint density at radius 1 is 1.19 bits per heavy atom. The quantitative estimate of drug-likeness (QED) is 0.396. The lowest BCUT2D eigenvalue weighted by molar-refractivity contribution is 0.171. The molecule has 1 aliphatic rings. The van der Waals surface area contributed by atoms with Gasteiger partial charge < -0.3 is 25.0 Å². The fourth-order valence-electron chi connectivity index (χ4n) is 3.57. The highest BCUT2D eigenvalue weighted by Crippen LogP contribution is 2.41. The van der Waals surface area contributed by atoms with Crippen LogP contribution >= 0.6 is 11.8 Å². The average molecular weight is 457 g/mol. The van der Waals surface area contributed by atoms with Crippen molar-refractivity contribution in [2.45, 2.75) is 39.5 Å². The summed E-state index contributed by atoms with van der Waals surface area (Å²) >= 11 is 1.66. The fourth-order valence-corrected chi connectivity index (χ4v) is 4.51. The standard InChI is InChI=1S/C25H36N4O2S/c1-17-14-21-22(31-13-12-30-21)15-23(17)32-19(3)29(11-10-27-16-25(4,5)6)20-8-9-28-24(26-7)18(20)2/h8-9,14-15,27H,3,10-13,16H2,1-2,4-7H3,(H,26,28). The first-order valence-electron chi connectivity index (χ1n) is 11.1. The van der Waals surface area contributed by atoms with E-state index in [1.807, 2.05) is 13.2 Å². The Morgan fingerprint density at radius 2 is 1.88 bits per heavy atom. The lowest BCUT2D eigenvalue weighted by Gasteiger charge is -2.30. The van der Waals surface area contributed by atoms with Crippen molar-refractivity contribution in [3.8, 4) is 11.5 Å². The zero-order valence-corrected chi connectivity index (χ0v) is 21.0. The second-order valence-corrected chi connectivity index (χ2v) is 10.3. The number of aryl methyl sites for hydroxylation is 1. The normalized spacial score (nSPS) is 13.1. The summed E-state index contributed by atoms with van der Waals surface area (Å²) in [5.41, 5.74) is 3.60. The van der Waals surface area contributed by atoms with Crippen LogP contribution in [0.4, 0.5) is 11.5 Å². The number of hydrogen-bond donors (Lipinski definition) is 2. The molecule has 0 radical (unpaired) electrons. The maximum atomic E-state index is 5.80. The van der Waals surface area contributed by atoms with Crippen molar-refractivity contribution in [1.82, 2.24) is 10.3 Å². The van der Waals surface area contributed by atoms with Crippen LogP contribution in [0.15, 0.2) is 40.9 Å². The topological polar surface area (TPSA) is 58.7 Å². The highest BCUT2D eigenvalue weighted by molar-refractivity contribution is 8.03. The molecule has 0 amide bonds. The second kappa shape index (κ2) is 10.5. The number of hydrogen-bond acceptors (Lipinski definition) is 7. The van der Waals surface area contributed by atoms with E-state index in [0.717, 1.165) is 63.7 Å². The van der Waals surface area contributed by atoms with Crippen LogP contribution in [0.25, 0.3) is 0 Å². The van der Waals surface area contributed by atoms with Crippen molar-refractivity contribution in [2.24, 2.45) is 5.41 Å². The number of nitrogens with one attached hydrogen (secondary N) is 2. The summed E-state index contributed by atoms with van der Waals surface area (Å²) in [4.78, 5) is 7.84. The molecule has 0 atom stereocenters. The minimum atomic E-state index is 0.241. The summed E-state index contributed by atoms with van der Waals surface area (Å²) < 4.78 is 11.5. The van der Waals surface area contributed by atoms with Crippen molar-refractivity contribution in [1.29, 1.82) is 0 Å². The number of pyridine rings is 1. The molecule has 0 spiro atoms. The van der Waals surface area contributed by atoms with Crippen LogP contribution in [-0.4, -0.2) is 44.9 Å². The number of ether oxygens (including phenoxy) is 2. The van der Waals surface area contributed by atoms with Gasteiger partial charge in [0, 0.05) is 49.0 Å². The van der Waals surface area contributed by atoms with Gasteiger partial charge in [-0.3, -0.25) is 0 Å². The zero-order valence-electron chi connectivity index (χ0n) is 20.2. The van der Waals surface area contributed by atoms with Crippen LogP contribution < -0.4 is 25.0 Å². The highest BCUT2D eigenvalue weighted by atomic mass is 32.2. The van der Waals surface area contributed by atoms with E-state index in [9.17, 15) is 0 Å². The maximum absolute atomic E-state index is 5.80. The van der Waals surface area contributed by atoms with Crippen LogP contribution in [0.2, 0.25) is 0 Å². The molecule has 1 aromatic heterocycles. The van der Waals surface area contributed by atoms with Gasteiger partial charge in [-0.1, -0.05) is 39.1 Å². The summed E-state index contributed by atoms with van der Waals surface area (Å²) in [6, 6.07) is 6.17. The second-order valence-electron chi connectivity index (χ2n) is 9.20. The van der Waals surface area contributed by atoms with E-state index < -0.39 is 0 Å². The van der Waals surface area contributed by atoms with Crippen LogP contribution in [0.5, 0.6) is 11.5 Å². The minimum Gasteiger partial charge on any atom is -0.486 e. The molecule has 2 heterocycles. The van der Waals surface area contributed by atoms with Gasteiger partial charge in [0.1, 0.15) is 19.0 Å². The van der Waals surface area contributed by atoms with Gasteiger partial charge in [-0.15, -0.1) is 0 Å². The Bertz CT molecular complexity index is 956. The Labute approximate surface area is 196 Å². The molecule has 0 fully saturated rings. The number of nitrogens with zero attached hydrogens (tertiary/aromatic N) is 2. The van der Waals surface area contributed by atoms with Gasteiger partial charge >= 0.3 is 0 Å². The fraction of sp³-hybridized carbons (Fsp3) is 0.480. The Hall–Kier alpha value is -2.38. The molecule has 174 valence electrons. The van der Waals surface area contributed by atoms with Crippen LogP contribution in [0.3, 0.4) is 0 Å². The molecule has 1 aliphatic heterocycles. The first-order chi connectivity index (χ1) is 15.2. The molecule has 0 saturated heterocycles. The summed E-state index contributed by atoms with van der Waals surface area (Å²) in [6.07, 6.45) is 1.84. The lowest BCUT2D eigenvalue weighted by atomic mass is 9.97. The van der Waals surface area contributed by atoms with E-state index in [2.05, 4.69) is 79.9 Å². The summed E-state index contributed by atoms with van der Waals surface area (Å²) in [5, 5.41) is 7.73. The van der Waals surface area contributed by atoms with Crippen molar-refractivity contribution < 1.29 is 9.47 Å². The monoisotopic (exact) mass is 456 g/mol. The van der Waals surface area contributed by atoms with E-state index in [-0.39, 0.29) is 5.41 Å². The third-order valence-electron chi connectivity index (χ3n) is 5.24. The van der Waals surface area contributed by atoms with Gasteiger partial charge in [-0.2, -0.15) is 0 Å². The third-order valence-corrected chi connectivity index (χ3v) is 6.35. The molecule has 3 rings (SSSR count). The van der Waals surface area contributed by atoms with Crippen LogP contribution in [-0.2, 0) is 0 Å². The summed E-state index contributed by atoms with van der Waals surface area (Å²) in [6.45, 7) is 19.2. The predicted octanol–water partition coefficient (Wildman–Crippen LogP) is 5.22. The van der Waals surface area contributed by atoms with Crippen molar-refractivity contribution in [3.63, 3.8) is 0 Å². The summed E-state index contributed by atoms with van der Waals surface area (Å²) in [7, 11) is 1.90. The molecule has 7 heteroatoms. The number of anilines is 2. The van der Waals surface area contributed by atoms with Crippen LogP contribution in [0.1, 0.15) is 31.9 Å². The minimum absolute atomic E-state index is 0.241. The first kappa shape index (κ1) is 24.3. The number of thioether (sulfide) groups is 1. The highest BCUT2D eigenvalue weighted by Gasteiger charge is 2.20. The molecular weight excluding hydrogens is 420 g/mol. The third kappa shape index (κ3) is 6.11. The van der Waals surface area contributed by atoms with E-state index in [0.29, 0.717) is 13.2 Å². The Kier molecular flexibility index (Phi) is 7.96. The molecule has 0 saturated carbocycles. The van der Waals surface area contributed by atoms with Crippen molar-refractivity contribution >= 4 is 23.3 Å². The maximum Gasteiger partial charge on any atom is 0.162 e. The number of aromatic nitrogens is 1. The molecule has 0 bridgehead atoms. The molecule has 2 aromatic rings. The zero-order chi connectivity index (χ0) is 23.3. The van der Waals surface area contributed by atoms with Crippen molar-refractivity contribution in [2.75, 3.05) is 50.1 Å².